The van der Waals surface area contributed by atoms with Crippen molar-refractivity contribution in [3.05, 3.63) is 47.5 Å². The van der Waals surface area contributed by atoms with E-state index in [2.05, 4.69) is 0 Å². The van der Waals surface area contributed by atoms with Gasteiger partial charge in [0.1, 0.15) is 11.6 Å². The van der Waals surface area contributed by atoms with Crippen LogP contribution in [0.15, 0.2) is 30.4 Å². The Morgan fingerprint density at radius 3 is 2.61 bits per heavy atom. The van der Waals surface area contributed by atoms with Crippen LogP contribution in [0.3, 0.4) is 0 Å². The molecule has 0 atom stereocenters. The molecule has 0 aliphatic carbocycles. The van der Waals surface area contributed by atoms with Gasteiger partial charge in [-0.25, -0.2) is 13.6 Å². The Morgan fingerprint density at radius 1 is 1.33 bits per heavy atom. The van der Waals surface area contributed by atoms with E-state index >= 15 is 0 Å². The summed E-state index contributed by atoms with van der Waals surface area (Å²) in [5.41, 5.74) is 0.0228. The monoisotopic (exact) mass is 255 g/mol. The van der Waals surface area contributed by atoms with Gasteiger partial charge in [0.2, 0.25) is 5.91 Å². The molecule has 1 N–H and O–H groups in total. The maximum absolute atomic E-state index is 13.3. The van der Waals surface area contributed by atoms with Crippen LogP contribution in [0.2, 0.25) is 0 Å². The van der Waals surface area contributed by atoms with Gasteiger partial charge in [-0.3, -0.25) is 4.79 Å². The summed E-state index contributed by atoms with van der Waals surface area (Å²) in [5.74, 6) is -3.10. The van der Waals surface area contributed by atoms with Gasteiger partial charge in [-0.2, -0.15) is 0 Å². The van der Waals surface area contributed by atoms with Crippen LogP contribution in [0.5, 0.6) is 0 Å². The number of likely N-dealkylation sites (N-methyl/N-ethyl adjacent to an activating group) is 1. The van der Waals surface area contributed by atoms with Crippen molar-refractivity contribution in [2.75, 3.05) is 7.05 Å². The maximum Gasteiger partial charge on any atom is 0.328 e. The Kier molecular flexibility index (Phi) is 4.53. The summed E-state index contributed by atoms with van der Waals surface area (Å²) >= 11 is 0. The second kappa shape index (κ2) is 5.90. The molecule has 1 amide bonds. The quantitative estimate of drug-likeness (QED) is 0.831. The van der Waals surface area contributed by atoms with Crippen molar-refractivity contribution in [3.8, 4) is 0 Å². The van der Waals surface area contributed by atoms with E-state index in [4.69, 9.17) is 5.11 Å². The Morgan fingerprint density at radius 2 is 2.00 bits per heavy atom. The lowest BCUT2D eigenvalue weighted by molar-refractivity contribution is -0.132. The Bertz CT molecular complexity index is 500. The highest BCUT2D eigenvalue weighted by Gasteiger charge is 2.10. The molecule has 0 aromatic heterocycles. The number of nitrogens with zero attached hydrogens (tertiary/aromatic N) is 1. The van der Waals surface area contributed by atoms with Crippen molar-refractivity contribution in [3.63, 3.8) is 0 Å². The maximum atomic E-state index is 13.3. The molecule has 6 heteroatoms. The fourth-order valence-electron chi connectivity index (χ4n) is 1.27. The second-order valence-corrected chi connectivity index (χ2v) is 3.60. The summed E-state index contributed by atoms with van der Waals surface area (Å²) < 4.78 is 26.2. The Hall–Kier alpha value is -2.24. The summed E-state index contributed by atoms with van der Waals surface area (Å²) in [7, 11) is 1.36. The summed E-state index contributed by atoms with van der Waals surface area (Å²) in [6, 6.07) is 2.93. The predicted octanol–water partition coefficient (Wildman–Crippen LogP) is 1.56. The zero-order valence-corrected chi connectivity index (χ0v) is 9.56. The topological polar surface area (TPSA) is 57.6 Å². The normalized spacial score (nSPS) is 10.6. The highest BCUT2D eigenvalue weighted by molar-refractivity contribution is 5.93. The third kappa shape index (κ3) is 3.97. The fourth-order valence-corrected chi connectivity index (χ4v) is 1.27. The molecule has 0 unspecified atom stereocenters. The van der Waals surface area contributed by atoms with Gasteiger partial charge in [0.15, 0.2) is 0 Å². The molecule has 1 aromatic rings. The highest BCUT2D eigenvalue weighted by Crippen LogP contribution is 2.11. The molecule has 4 nitrogen and oxygen atoms in total. The minimum atomic E-state index is -1.26. The summed E-state index contributed by atoms with van der Waals surface area (Å²) in [6.07, 6.45) is 1.53. The van der Waals surface area contributed by atoms with E-state index in [1.807, 2.05) is 0 Å². The summed E-state index contributed by atoms with van der Waals surface area (Å²) in [5, 5.41) is 8.35. The van der Waals surface area contributed by atoms with Crippen molar-refractivity contribution < 1.29 is 23.5 Å². The fraction of sp³-hybridized carbons (Fsp3) is 0.167. The largest absolute Gasteiger partial charge is 0.478 e. The van der Waals surface area contributed by atoms with E-state index < -0.39 is 23.5 Å². The van der Waals surface area contributed by atoms with Gasteiger partial charge in [-0.05, 0) is 18.2 Å². The second-order valence-electron chi connectivity index (χ2n) is 3.60. The van der Waals surface area contributed by atoms with Gasteiger partial charge in [-0.1, -0.05) is 0 Å². The smallest absolute Gasteiger partial charge is 0.328 e. The molecule has 0 saturated heterocycles. The molecule has 0 bridgehead atoms. The number of amides is 1. The van der Waals surface area contributed by atoms with Crippen LogP contribution >= 0.6 is 0 Å². The van der Waals surface area contributed by atoms with Crippen LogP contribution in [-0.4, -0.2) is 28.9 Å². The number of carboxylic acids is 1. The van der Waals surface area contributed by atoms with Crippen molar-refractivity contribution >= 4 is 11.9 Å². The number of carboxylic acid groups (broad SMARTS) is 1. The number of halogens is 2. The first-order chi connectivity index (χ1) is 8.40. The van der Waals surface area contributed by atoms with Crippen molar-refractivity contribution in [2.45, 2.75) is 6.54 Å². The molecule has 0 radical (unpaired) electrons. The molecular formula is C12H11F2NO3. The van der Waals surface area contributed by atoms with Crippen LogP contribution in [0.4, 0.5) is 8.78 Å². The van der Waals surface area contributed by atoms with Crippen LogP contribution in [0.25, 0.3) is 0 Å². The Labute approximate surface area is 102 Å². The zero-order valence-electron chi connectivity index (χ0n) is 9.56. The van der Waals surface area contributed by atoms with E-state index in [1.54, 1.807) is 0 Å². The molecule has 0 spiro atoms. The molecule has 1 aromatic carbocycles. The molecule has 0 aliphatic heterocycles. The van der Waals surface area contributed by atoms with Crippen LogP contribution in [0.1, 0.15) is 5.56 Å². The summed E-state index contributed by atoms with van der Waals surface area (Å²) in [4.78, 5) is 22.7. The van der Waals surface area contributed by atoms with Crippen molar-refractivity contribution in [1.29, 1.82) is 0 Å². The lowest BCUT2D eigenvalue weighted by Gasteiger charge is -2.15. The predicted molar refractivity (Wildman–Crippen MR) is 59.6 cm³/mol. The molecule has 96 valence electrons. The average molecular weight is 255 g/mol. The SMILES string of the molecule is CN(Cc1cc(F)ccc1F)C(=O)/C=C/C(=O)O. The highest BCUT2D eigenvalue weighted by atomic mass is 19.1. The van der Waals surface area contributed by atoms with E-state index in [1.165, 1.54) is 7.05 Å². The lowest BCUT2D eigenvalue weighted by atomic mass is 10.2. The first-order valence-electron chi connectivity index (χ1n) is 5.00. The minimum absolute atomic E-state index is 0.0228. The first kappa shape index (κ1) is 13.8. The number of aliphatic carboxylic acids is 1. The van der Waals surface area contributed by atoms with Crippen LogP contribution in [-0.2, 0) is 16.1 Å². The molecule has 0 aliphatic rings. The van der Waals surface area contributed by atoms with E-state index in [0.717, 1.165) is 29.2 Å². The molecule has 0 fully saturated rings. The van der Waals surface area contributed by atoms with Crippen LogP contribution in [0, 0.1) is 11.6 Å². The number of rotatable bonds is 4. The van der Waals surface area contributed by atoms with E-state index in [-0.39, 0.29) is 12.1 Å². The molecule has 1 rings (SSSR count). The number of carbonyl (C=O) groups excluding carboxylic acids is 1. The molecular weight excluding hydrogens is 244 g/mol. The number of hydrogen-bond acceptors (Lipinski definition) is 2. The van der Waals surface area contributed by atoms with Gasteiger partial charge >= 0.3 is 5.97 Å². The summed E-state index contributed by atoms with van der Waals surface area (Å²) in [6.45, 7) is -0.146. The first-order valence-corrected chi connectivity index (χ1v) is 5.00. The third-order valence-corrected chi connectivity index (χ3v) is 2.16. The third-order valence-electron chi connectivity index (χ3n) is 2.16. The van der Waals surface area contributed by atoms with Crippen molar-refractivity contribution in [2.24, 2.45) is 0 Å². The van der Waals surface area contributed by atoms with E-state index in [9.17, 15) is 18.4 Å². The number of carbonyl (C=O) groups is 2. The van der Waals surface area contributed by atoms with Gasteiger partial charge in [0.05, 0.1) is 0 Å². The minimum Gasteiger partial charge on any atom is -0.478 e. The Balaban J connectivity index is 2.75. The number of benzene rings is 1. The average Bonchev–Trinajstić information content (AvgIpc) is 2.30. The standard InChI is InChI=1S/C12H11F2NO3/c1-15(11(16)4-5-12(17)18)7-8-6-9(13)2-3-10(8)14/h2-6H,7H2,1H3,(H,17,18)/b5-4+. The number of hydrogen-bond donors (Lipinski definition) is 1. The molecule has 18 heavy (non-hydrogen) atoms. The lowest BCUT2D eigenvalue weighted by Crippen LogP contribution is -2.25. The zero-order chi connectivity index (χ0) is 13.7. The van der Waals surface area contributed by atoms with Gasteiger partial charge in [0, 0.05) is 31.3 Å². The van der Waals surface area contributed by atoms with Gasteiger partial charge in [-0.15, -0.1) is 0 Å². The van der Waals surface area contributed by atoms with Gasteiger partial charge in [0.25, 0.3) is 0 Å². The van der Waals surface area contributed by atoms with Crippen LogP contribution < -0.4 is 0 Å². The molecule has 0 saturated carbocycles. The molecule has 0 heterocycles. The van der Waals surface area contributed by atoms with Crippen molar-refractivity contribution in [1.82, 2.24) is 4.90 Å². The van der Waals surface area contributed by atoms with E-state index in [0.29, 0.717) is 6.08 Å². The van der Waals surface area contributed by atoms with Gasteiger partial charge < -0.3 is 10.0 Å².